The van der Waals surface area contributed by atoms with Crippen LogP contribution in [0.15, 0.2) is 57.7 Å². The Bertz CT molecular complexity index is 868. The summed E-state index contributed by atoms with van der Waals surface area (Å²) in [5.41, 5.74) is 1.31. The van der Waals surface area contributed by atoms with Crippen molar-refractivity contribution in [3.8, 4) is 11.1 Å². The molecule has 0 saturated heterocycles. The second-order valence-corrected chi connectivity index (χ2v) is 6.17. The Morgan fingerprint density at radius 1 is 1.14 bits per heavy atom. The van der Waals surface area contributed by atoms with Gasteiger partial charge in [0.25, 0.3) is 0 Å². The van der Waals surface area contributed by atoms with E-state index in [9.17, 15) is 9.18 Å². The molecule has 0 fully saturated rings. The van der Waals surface area contributed by atoms with Crippen LogP contribution in [-0.2, 0) is 0 Å². The lowest BCUT2D eigenvalue weighted by Gasteiger charge is -2.12. The quantitative estimate of drug-likeness (QED) is 0.607. The van der Waals surface area contributed by atoms with Crippen molar-refractivity contribution in [2.24, 2.45) is 0 Å². The van der Waals surface area contributed by atoms with Crippen LogP contribution >= 0.6 is 15.9 Å². The summed E-state index contributed by atoms with van der Waals surface area (Å²) in [6.45, 7) is 1.87. The molecule has 0 saturated carbocycles. The molecule has 3 rings (SSSR count). The summed E-state index contributed by atoms with van der Waals surface area (Å²) in [6, 6.07) is 13.1. The summed E-state index contributed by atoms with van der Waals surface area (Å²) >= 11 is 3.44. The van der Waals surface area contributed by atoms with Crippen LogP contribution < -0.4 is 5.43 Å². The van der Waals surface area contributed by atoms with E-state index in [1.807, 2.05) is 13.0 Å². The Labute approximate surface area is 129 Å². The van der Waals surface area contributed by atoms with Crippen LogP contribution in [0.1, 0.15) is 17.5 Å². The molecule has 0 N–H and O–H groups in total. The molecule has 0 aliphatic carbocycles. The fraction of sp³-hybridized carbons (Fsp3) is 0.118. The fourth-order valence-corrected chi connectivity index (χ4v) is 2.68. The first-order chi connectivity index (χ1) is 10.1. The zero-order chi connectivity index (χ0) is 15.0. The highest BCUT2D eigenvalue weighted by molar-refractivity contribution is 9.09. The molecule has 1 aromatic heterocycles. The van der Waals surface area contributed by atoms with Crippen LogP contribution in [0.25, 0.3) is 22.1 Å². The summed E-state index contributed by atoms with van der Waals surface area (Å²) in [5, 5.41) is 0.494. The topological polar surface area (TPSA) is 30.2 Å². The highest BCUT2D eigenvalue weighted by Crippen LogP contribution is 2.32. The maximum Gasteiger partial charge on any atom is 0.200 e. The third kappa shape index (κ3) is 2.51. The molecule has 2 aromatic carbocycles. The molecule has 0 amide bonds. The van der Waals surface area contributed by atoms with Crippen LogP contribution in [0.3, 0.4) is 0 Å². The molecule has 21 heavy (non-hydrogen) atoms. The predicted octanol–water partition coefficient (Wildman–Crippen LogP) is 5.06. The van der Waals surface area contributed by atoms with Gasteiger partial charge in [0, 0.05) is 0 Å². The van der Waals surface area contributed by atoms with Gasteiger partial charge in [-0.1, -0.05) is 40.2 Å². The van der Waals surface area contributed by atoms with Crippen molar-refractivity contribution >= 4 is 26.9 Å². The first-order valence-electron chi connectivity index (χ1n) is 6.53. The van der Waals surface area contributed by atoms with Crippen LogP contribution in [-0.4, -0.2) is 0 Å². The van der Waals surface area contributed by atoms with Crippen LogP contribution in [0.4, 0.5) is 4.39 Å². The highest BCUT2D eigenvalue weighted by Gasteiger charge is 2.19. The minimum Gasteiger partial charge on any atom is -0.459 e. The van der Waals surface area contributed by atoms with E-state index in [2.05, 4.69) is 15.9 Å². The Balaban J connectivity index is 2.42. The zero-order valence-corrected chi connectivity index (χ0v) is 12.9. The Kier molecular flexibility index (Phi) is 3.64. The van der Waals surface area contributed by atoms with Gasteiger partial charge >= 0.3 is 0 Å². The van der Waals surface area contributed by atoms with Crippen LogP contribution in [0, 0.1) is 5.82 Å². The van der Waals surface area contributed by atoms with Gasteiger partial charge in [0.05, 0.1) is 15.8 Å². The lowest BCUT2D eigenvalue weighted by molar-refractivity contribution is 0.544. The summed E-state index contributed by atoms with van der Waals surface area (Å²) in [6.07, 6.45) is 0. The summed E-state index contributed by atoms with van der Waals surface area (Å²) in [7, 11) is 0. The van der Waals surface area contributed by atoms with Crippen molar-refractivity contribution in [2.45, 2.75) is 11.8 Å². The van der Waals surface area contributed by atoms with E-state index in [0.717, 1.165) is 0 Å². The van der Waals surface area contributed by atoms with Crippen molar-refractivity contribution < 1.29 is 8.81 Å². The maximum absolute atomic E-state index is 13.5. The Morgan fingerprint density at radius 3 is 2.62 bits per heavy atom. The third-order valence-electron chi connectivity index (χ3n) is 3.30. The third-order valence-corrected chi connectivity index (χ3v) is 3.72. The van der Waals surface area contributed by atoms with Gasteiger partial charge < -0.3 is 4.42 Å². The summed E-state index contributed by atoms with van der Waals surface area (Å²) in [4.78, 5) is 12.6. The summed E-state index contributed by atoms with van der Waals surface area (Å²) < 4.78 is 19.3. The van der Waals surface area contributed by atoms with Gasteiger partial charge in [0.15, 0.2) is 0 Å². The number of para-hydroxylation sites is 1. The molecule has 1 heterocycles. The molecule has 0 radical (unpaired) electrons. The van der Waals surface area contributed by atoms with Gasteiger partial charge in [-0.3, -0.25) is 4.79 Å². The van der Waals surface area contributed by atoms with E-state index >= 15 is 0 Å². The van der Waals surface area contributed by atoms with Gasteiger partial charge in [-0.25, -0.2) is 4.39 Å². The van der Waals surface area contributed by atoms with Crippen molar-refractivity contribution in [1.82, 2.24) is 0 Å². The predicted molar refractivity (Wildman–Crippen MR) is 85.2 cm³/mol. The molecule has 106 valence electrons. The number of benzene rings is 2. The average molecular weight is 347 g/mol. The van der Waals surface area contributed by atoms with E-state index in [-0.39, 0.29) is 16.1 Å². The highest BCUT2D eigenvalue weighted by atomic mass is 79.9. The Hall–Kier alpha value is -1.94. The van der Waals surface area contributed by atoms with Crippen LogP contribution in [0.5, 0.6) is 0 Å². The number of alkyl halides is 1. The molecule has 0 bridgehead atoms. The summed E-state index contributed by atoms with van der Waals surface area (Å²) in [5.74, 6) is 0.123. The molecule has 4 heteroatoms. The van der Waals surface area contributed by atoms with Gasteiger partial charge in [0.1, 0.15) is 17.2 Å². The molecule has 2 nitrogen and oxygen atoms in total. The second kappa shape index (κ2) is 5.45. The van der Waals surface area contributed by atoms with E-state index in [1.165, 1.54) is 12.1 Å². The standard InChI is InChI=1S/C17H12BrFO2/c1-10(18)17-15(11-5-4-6-12(19)9-11)16(20)13-7-2-3-8-14(13)21-17/h2-10H,1H3/t10-/m0/s1. The smallest absolute Gasteiger partial charge is 0.200 e. The number of fused-ring (bicyclic) bond motifs is 1. The van der Waals surface area contributed by atoms with Crippen molar-refractivity contribution in [1.29, 1.82) is 0 Å². The average Bonchev–Trinajstić information content (AvgIpc) is 2.47. The van der Waals surface area contributed by atoms with Gasteiger partial charge in [0.2, 0.25) is 5.43 Å². The number of hydrogen-bond donors (Lipinski definition) is 0. The fourth-order valence-electron chi connectivity index (χ4n) is 2.36. The molecular formula is C17H12BrFO2. The van der Waals surface area contributed by atoms with E-state index < -0.39 is 0 Å². The van der Waals surface area contributed by atoms with Gasteiger partial charge in [-0.05, 0) is 36.8 Å². The molecule has 0 aliphatic rings. The first-order valence-corrected chi connectivity index (χ1v) is 7.45. The molecular weight excluding hydrogens is 335 g/mol. The minimum atomic E-state index is -0.381. The lowest BCUT2D eigenvalue weighted by atomic mass is 10.0. The molecule has 0 aliphatic heterocycles. The Morgan fingerprint density at radius 2 is 1.90 bits per heavy atom. The normalized spacial score (nSPS) is 12.5. The largest absolute Gasteiger partial charge is 0.459 e. The number of rotatable bonds is 2. The van der Waals surface area contributed by atoms with Gasteiger partial charge in [-0.15, -0.1) is 0 Å². The van der Waals surface area contributed by atoms with Gasteiger partial charge in [-0.2, -0.15) is 0 Å². The molecule has 0 unspecified atom stereocenters. The monoisotopic (exact) mass is 346 g/mol. The van der Waals surface area contributed by atoms with Crippen molar-refractivity contribution in [3.05, 3.63) is 70.3 Å². The van der Waals surface area contributed by atoms with E-state index in [4.69, 9.17) is 4.42 Å². The second-order valence-electron chi connectivity index (χ2n) is 4.79. The molecule has 1 atom stereocenters. The molecule has 0 spiro atoms. The molecule has 3 aromatic rings. The van der Waals surface area contributed by atoms with E-state index in [1.54, 1.807) is 30.3 Å². The minimum absolute atomic E-state index is 0.149. The first kappa shape index (κ1) is 14.0. The number of halogens is 2. The van der Waals surface area contributed by atoms with Crippen molar-refractivity contribution in [3.63, 3.8) is 0 Å². The lowest BCUT2D eigenvalue weighted by Crippen LogP contribution is -2.09. The van der Waals surface area contributed by atoms with Crippen LogP contribution in [0.2, 0.25) is 0 Å². The number of hydrogen-bond acceptors (Lipinski definition) is 2. The maximum atomic E-state index is 13.5. The SMILES string of the molecule is C[C@H](Br)c1oc2ccccc2c(=O)c1-c1cccc(F)c1. The zero-order valence-electron chi connectivity index (χ0n) is 11.3. The van der Waals surface area contributed by atoms with E-state index in [0.29, 0.717) is 27.9 Å². The van der Waals surface area contributed by atoms with Crippen molar-refractivity contribution in [2.75, 3.05) is 0 Å².